The van der Waals surface area contributed by atoms with E-state index in [1.54, 1.807) is 18.4 Å². The summed E-state index contributed by atoms with van der Waals surface area (Å²) in [4.78, 5) is 13.7. The summed E-state index contributed by atoms with van der Waals surface area (Å²) in [5.41, 5.74) is 5.20. The largest absolute Gasteiger partial charge is 0.496 e. The van der Waals surface area contributed by atoms with Crippen molar-refractivity contribution in [3.63, 3.8) is 0 Å². The number of aromatic nitrogens is 3. The standard InChI is InChI=1S/C23H23ClN4OS/c1-4-19-21(11-15-5-7-16(24)8-6-15)30-23(28-19)27-17-9-10-18(20(12-17)29-3)22-25-13-14(2)26-22/h5-10,12-13H,4,11H2,1-3H3,(H,25,26)(H,27,28). The Balaban J connectivity index is 1.56. The fraction of sp³-hybridized carbons (Fsp3) is 0.217. The van der Waals surface area contributed by atoms with E-state index >= 15 is 0 Å². The molecule has 2 heterocycles. The molecule has 0 saturated carbocycles. The predicted molar refractivity (Wildman–Crippen MR) is 124 cm³/mol. The van der Waals surface area contributed by atoms with Crippen LogP contribution in [0.3, 0.4) is 0 Å². The van der Waals surface area contributed by atoms with Crippen molar-refractivity contribution in [1.82, 2.24) is 15.0 Å². The molecule has 0 aliphatic carbocycles. The topological polar surface area (TPSA) is 62.8 Å². The van der Waals surface area contributed by atoms with Gasteiger partial charge in [0.25, 0.3) is 0 Å². The average Bonchev–Trinajstić information content (AvgIpc) is 3.35. The summed E-state index contributed by atoms with van der Waals surface area (Å²) in [6.07, 6.45) is 3.55. The molecule has 5 nitrogen and oxygen atoms in total. The zero-order valence-corrected chi connectivity index (χ0v) is 18.7. The van der Waals surface area contributed by atoms with Gasteiger partial charge < -0.3 is 15.0 Å². The van der Waals surface area contributed by atoms with E-state index in [1.165, 1.54) is 10.4 Å². The van der Waals surface area contributed by atoms with Crippen LogP contribution in [0.2, 0.25) is 5.02 Å². The first-order chi connectivity index (χ1) is 14.6. The Hall–Kier alpha value is -2.83. The first kappa shape index (κ1) is 20.4. The van der Waals surface area contributed by atoms with Crippen LogP contribution in [0, 0.1) is 6.92 Å². The summed E-state index contributed by atoms with van der Waals surface area (Å²) in [6.45, 7) is 4.11. The molecule has 0 aliphatic heterocycles. The van der Waals surface area contributed by atoms with Gasteiger partial charge in [0, 0.05) is 40.0 Å². The SMILES string of the molecule is CCc1nc(Nc2ccc(-c3ncc(C)[nH]3)c(OC)c2)sc1Cc1ccc(Cl)cc1. The van der Waals surface area contributed by atoms with Crippen LogP contribution >= 0.6 is 22.9 Å². The van der Waals surface area contributed by atoms with E-state index in [0.29, 0.717) is 0 Å². The van der Waals surface area contributed by atoms with Crippen LogP contribution in [-0.4, -0.2) is 22.1 Å². The number of imidazole rings is 1. The summed E-state index contributed by atoms with van der Waals surface area (Å²) < 4.78 is 5.60. The van der Waals surface area contributed by atoms with Gasteiger partial charge in [0.05, 0.1) is 18.4 Å². The minimum Gasteiger partial charge on any atom is -0.496 e. The molecule has 0 spiro atoms. The molecule has 30 heavy (non-hydrogen) atoms. The van der Waals surface area contributed by atoms with Gasteiger partial charge in [-0.15, -0.1) is 11.3 Å². The molecule has 4 aromatic rings. The summed E-state index contributed by atoms with van der Waals surface area (Å²) in [6, 6.07) is 14.0. The number of aromatic amines is 1. The molecule has 2 aromatic carbocycles. The van der Waals surface area contributed by atoms with Gasteiger partial charge in [0.1, 0.15) is 11.6 Å². The lowest BCUT2D eigenvalue weighted by Crippen LogP contribution is -1.94. The number of methoxy groups -OCH3 is 1. The van der Waals surface area contributed by atoms with Gasteiger partial charge in [-0.25, -0.2) is 9.97 Å². The monoisotopic (exact) mass is 438 g/mol. The zero-order chi connectivity index (χ0) is 21.1. The molecule has 0 atom stereocenters. The number of anilines is 2. The smallest absolute Gasteiger partial charge is 0.187 e. The van der Waals surface area contributed by atoms with Crippen molar-refractivity contribution in [2.75, 3.05) is 12.4 Å². The average molecular weight is 439 g/mol. The van der Waals surface area contributed by atoms with E-state index in [1.807, 2.05) is 43.5 Å². The van der Waals surface area contributed by atoms with Gasteiger partial charge in [-0.1, -0.05) is 30.7 Å². The Morgan fingerprint density at radius 2 is 1.97 bits per heavy atom. The second-order valence-corrected chi connectivity index (χ2v) is 8.52. The van der Waals surface area contributed by atoms with E-state index in [9.17, 15) is 0 Å². The molecule has 0 radical (unpaired) electrons. The molecule has 0 bridgehead atoms. The lowest BCUT2D eigenvalue weighted by atomic mass is 10.1. The van der Waals surface area contributed by atoms with Crippen LogP contribution in [0.1, 0.15) is 28.8 Å². The summed E-state index contributed by atoms with van der Waals surface area (Å²) in [5.74, 6) is 1.55. The van der Waals surface area contributed by atoms with Crippen LogP contribution in [-0.2, 0) is 12.8 Å². The summed E-state index contributed by atoms with van der Waals surface area (Å²) in [7, 11) is 1.67. The van der Waals surface area contributed by atoms with Crippen LogP contribution in [0.5, 0.6) is 5.75 Å². The lowest BCUT2D eigenvalue weighted by Gasteiger charge is -2.09. The maximum atomic E-state index is 6.01. The fourth-order valence-electron chi connectivity index (χ4n) is 3.28. The molecule has 0 aliphatic rings. The number of rotatable bonds is 7. The molecule has 0 amide bonds. The highest BCUT2D eigenvalue weighted by atomic mass is 35.5. The van der Waals surface area contributed by atoms with Crippen molar-refractivity contribution in [2.24, 2.45) is 0 Å². The molecule has 2 aromatic heterocycles. The highest BCUT2D eigenvalue weighted by Crippen LogP contribution is 2.34. The van der Waals surface area contributed by atoms with Crippen LogP contribution < -0.4 is 10.1 Å². The third kappa shape index (κ3) is 4.50. The maximum absolute atomic E-state index is 6.01. The third-order valence-corrected chi connectivity index (χ3v) is 6.07. The molecule has 7 heteroatoms. The molecule has 0 fully saturated rings. The predicted octanol–water partition coefficient (Wildman–Crippen LogP) is 6.40. The quantitative estimate of drug-likeness (QED) is 0.350. The fourth-order valence-corrected chi connectivity index (χ4v) is 4.51. The second kappa shape index (κ2) is 8.90. The highest BCUT2D eigenvalue weighted by Gasteiger charge is 2.13. The van der Waals surface area contributed by atoms with E-state index < -0.39 is 0 Å². The van der Waals surface area contributed by atoms with Crippen molar-refractivity contribution < 1.29 is 4.74 Å². The van der Waals surface area contributed by atoms with E-state index in [2.05, 4.69) is 34.3 Å². The number of hydrogen-bond acceptors (Lipinski definition) is 5. The highest BCUT2D eigenvalue weighted by molar-refractivity contribution is 7.15. The number of ether oxygens (including phenoxy) is 1. The molecule has 154 valence electrons. The summed E-state index contributed by atoms with van der Waals surface area (Å²) >= 11 is 7.69. The second-order valence-electron chi connectivity index (χ2n) is 7.00. The van der Waals surface area contributed by atoms with E-state index in [4.69, 9.17) is 21.3 Å². The number of nitrogens with zero attached hydrogens (tertiary/aromatic N) is 2. The number of halogens is 1. The molecule has 0 saturated heterocycles. The number of H-pyrrole nitrogens is 1. The van der Waals surface area contributed by atoms with Crippen molar-refractivity contribution >= 4 is 33.8 Å². The normalized spacial score (nSPS) is 10.9. The first-order valence-electron chi connectivity index (χ1n) is 9.75. The Morgan fingerprint density at radius 3 is 2.63 bits per heavy atom. The van der Waals surface area contributed by atoms with Crippen LogP contribution in [0.25, 0.3) is 11.4 Å². The Labute approximate surface area is 185 Å². The van der Waals surface area contributed by atoms with Crippen molar-refractivity contribution in [3.8, 4) is 17.1 Å². The van der Waals surface area contributed by atoms with E-state index in [-0.39, 0.29) is 0 Å². The minimum atomic E-state index is 0.753. The summed E-state index contributed by atoms with van der Waals surface area (Å²) in [5, 5.41) is 5.06. The number of nitrogens with one attached hydrogen (secondary N) is 2. The minimum absolute atomic E-state index is 0.753. The Bertz CT molecular complexity index is 1150. The van der Waals surface area contributed by atoms with Crippen molar-refractivity contribution in [3.05, 3.63) is 75.5 Å². The van der Waals surface area contributed by atoms with Crippen molar-refractivity contribution in [1.29, 1.82) is 0 Å². The first-order valence-corrected chi connectivity index (χ1v) is 10.9. The number of hydrogen-bond donors (Lipinski definition) is 2. The molecule has 0 unspecified atom stereocenters. The number of thiazole rings is 1. The van der Waals surface area contributed by atoms with Crippen molar-refractivity contribution in [2.45, 2.75) is 26.7 Å². The zero-order valence-electron chi connectivity index (χ0n) is 17.1. The number of aryl methyl sites for hydroxylation is 2. The van der Waals surface area contributed by atoms with Gasteiger partial charge in [-0.05, 0) is 43.2 Å². The van der Waals surface area contributed by atoms with Crippen LogP contribution in [0.4, 0.5) is 10.8 Å². The van der Waals surface area contributed by atoms with Gasteiger partial charge in [0.15, 0.2) is 5.13 Å². The Morgan fingerprint density at radius 1 is 1.17 bits per heavy atom. The Kier molecular flexibility index (Phi) is 6.06. The van der Waals surface area contributed by atoms with Crippen LogP contribution in [0.15, 0.2) is 48.7 Å². The van der Waals surface area contributed by atoms with Gasteiger partial charge in [-0.2, -0.15) is 0 Å². The lowest BCUT2D eigenvalue weighted by molar-refractivity contribution is 0.416. The molecule has 2 N–H and O–H groups in total. The van der Waals surface area contributed by atoms with E-state index in [0.717, 1.165) is 57.2 Å². The maximum Gasteiger partial charge on any atom is 0.187 e. The third-order valence-electron chi connectivity index (χ3n) is 4.80. The molecular weight excluding hydrogens is 416 g/mol. The molecule has 4 rings (SSSR count). The van der Waals surface area contributed by atoms with Gasteiger partial charge in [0.2, 0.25) is 0 Å². The van der Waals surface area contributed by atoms with Gasteiger partial charge in [-0.3, -0.25) is 0 Å². The number of benzene rings is 2. The van der Waals surface area contributed by atoms with Gasteiger partial charge >= 0.3 is 0 Å². The molecular formula is C23H23ClN4OS.